The summed E-state index contributed by atoms with van der Waals surface area (Å²) in [6, 6.07) is 60.1. The normalized spacial score (nSPS) is 13.4. The highest BCUT2D eigenvalue weighted by atomic mass is 16.3. The molecular weight excluding hydrogens is 831 g/mol. The van der Waals surface area contributed by atoms with Crippen LogP contribution in [0.1, 0.15) is 24.1 Å². The molecule has 318 valence electrons. The number of allylic oxidation sites excluding steroid dienone is 5. The Morgan fingerprint density at radius 2 is 1.21 bits per heavy atom. The van der Waals surface area contributed by atoms with E-state index in [0.717, 1.165) is 107 Å². The second kappa shape index (κ2) is 15.3. The Labute approximate surface area is 391 Å². The molecule has 4 aromatic heterocycles. The molecule has 0 aliphatic heterocycles. The van der Waals surface area contributed by atoms with Crippen LogP contribution in [0.2, 0.25) is 0 Å². The van der Waals surface area contributed by atoms with E-state index < -0.39 is 0 Å². The molecule has 2 aliphatic rings. The SMILES string of the molecule is C1#CCC(n2c3ccccc3c3cccc(-n4c5c(c6cccc(-c7nc(-c8ccc9oc%10ccccc%10c9c8)nc(-c8ccc(-c9ccccc9)c9ccccc89)n7)c64)C=CCC5)c32)=CC=C1. The quantitative estimate of drug-likeness (QED) is 0.156. The van der Waals surface area contributed by atoms with E-state index in [-0.39, 0.29) is 0 Å². The third-order valence-corrected chi connectivity index (χ3v) is 13.8. The fraction of sp³-hybridized carbons (Fsp3) is 0.0484. The summed E-state index contributed by atoms with van der Waals surface area (Å²) in [6.45, 7) is 0. The highest BCUT2D eigenvalue weighted by Crippen LogP contribution is 2.44. The van der Waals surface area contributed by atoms with Crippen LogP contribution in [0.25, 0.3) is 128 Å². The molecule has 0 saturated heterocycles. The van der Waals surface area contributed by atoms with E-state index in [1.165, 1.54) is 22.0 Å². The van der Waals surface area contributed by atoms with Crippen molar-refractivity contribution < 1.29 is 4.42 Å². The molecule has 0 spiro atoms. The highest BCUT2D eigenvalue weighted by Gasteiger charge is 2.27. The zero-order valence-electron chi connectivity index (χ0n) is 36.8. The van der Waals surface area contributed by atoms with Crippen LogP contribution in [-0.2, 0) is 6.42 Å². The van der Waals surface area contributed by atoms with Gasteiger partial charge in [-0.25, -0.2) is 15.0 Å². The van der Waals surface area contributed by atoms with E-state index >= 15 is 0 Å². The van der Waals surface area contributed by atoms with E-state index in [0.29, 0.717) is 23.9 Å². The van der Waals surface area contributed by atoms with Gasteiger partial charge in [-0.1, -0.05) is 151 Å². The molecule has 0 amide bonds. The minimum atomic E-state index is 0.588. The molecule has 0 atom stereocenters. The number of fused-ring (bicyclic) bond motifs is 10. The van der Waals surface area contributed by atoms with Crippen LogP contribution in [0, 0.1) is 11.8 Å². The Balaban J connectivity index is 1.07. The van der Waals surface area contributed by atoms with Crippen LogP contribution >= 0.6 is 0 Å². The van der Waals surface area contributed by atoms with Crippen LogP contribution < -0.4 is 0 Å². The van der Waals surface area contributed by atoms with Gasteiger partial charge in [0.1, 0.15) is 11.2 Å². The average molecular weight is 870 g/mol. The Morgan fingerprint density at radius 3 is 2.10 bits per heavy atom. The first-order chi connectivity index (χ1) is 33.7. The molecule has 0 N–H and O–H groups in total. The van der Waals surface area contributed by atoms with Gasteiger partial charge in [0.2, 0.25) is 0 Å². The van der Waals surface area contributed by atoms with Crippen molar-refractivity contribution in [1.82, 2.24) is 24.1 Å². The monoisotopic (exact) mass is 869 g/mol. The molecule has 2 aliphatic carbocycles. The van der Waals surface area contributed by atoms with Gasteiger partial charge in [0.05, 0.1) is 28.7 Å². The molecule has 8 aromatic carbocycles. The number of para-hydroxylation sites is 4. The van der Waals surface area contributed by atoms with Crippen molar-refractivity contribution in [3.63, 3.8) is 0 Å². The summed E-state index contributed by atoms with van der Waals surface area (Å²) in [5.41, 5.74) is 14.8. The lowest BCUT2D eigenvalue weighted by Gasteiger charge is -2.18. The summed E-state index contributed by atoms with van der Waals surface area (Å²) in [6.07, 6.45) is 13.3. The predicted molar refractivity (Wildman–Crippen MR) is 279 cm³/mol. The Morgan fingerprint density at radius 1 is 0.500 bits per heavy atom. The Kier molecular flexibility index (Phi) is 8.59. The van der Waals surface area contributed by atoms with E-state index in [1.807, 2.05) is 24.3 Å². The average Bonchev–Trinajstić information content (AvgIpc) is 3.97. The van der Waals surface area contributed by atoms with Crippen molar-refractivity contribution in [1.29, 1.82) is 0 Å². The van der Waals surface area contributed by atoms with Crippen molar-refractivity contribution in [2.45, 2.75) is 19.3 Å². The summed E-state index contributed by atoms with van der Waals surface area (Å²) in [5, 5.41) is 7.83. The molecule has 4 heterocycles. The summed E-state index contributed by atoms with van der Waals surface area (Å²) >= 11 is 0. The van der Waals surface area contributed by atoms with Gasteiger partial charge in [-0.15, -0.1) is 0 Å². The van der Waals surface area contributed by atoms with Gasteiger partial charge in [0, 0.05) is 60.6 Å². The molecule has 68 heavy (non-hydrogen) atoms. The van der Waals surface area contributed by atoms with Gasteiger partial charge in [-0.05, 0) is 95.4 Å². The lowest BCUT2D eigenvalue weighted by molar-refractivity contribution is 0.669. The van der Waals surface area contributed by atoms with Gasteiger partial charge >= 0.3 is 0 Å². The number of hydrogen-bond donors (Lipinski definition) is 0. The topological polar surface area (TPSA) is 61.7 Å². The van der Waals surface area contributed by atoms with Crippen molar-refractivity contribution in [2.75, 3.05) is 0 Å². The number of hydrogen-bond acceptors (Lipinski definition) is 4. The molecule has 12 aromatic rings. The molecule has 6 nitrogen and oxygen atoms in total. The van der Waals surface area contributed by atoms with Crippen LogP contribution in [0.5, 0.6) is 0 Å². The molecule has 6 heteroatoms. The third-order valence-electron chi connectivity index (χ3n) is 13.8. The van der Waals surface area contributed by atoms with E-state index in [9.17, 15) is 0 Å². The van der Waals surface area contributed by atoms with Crippen molar-refractivity contribution >= 4 is 77.2 Å². The zero-order chi connectivity index (χ0) is 44.7. The minimum Gasteiger partial charge on any atom is -0.456 e. The molecule has 14 rings (SSSR count). The second-order valence-electron chi connectivity index (χ2n) is 17.6. The number of benzene rings is 8. The fourth-order valence-corrected chi connectivity index (χ4v) is 10.8. The zero-order valence-corrected chi connectivity index (χ0v) is 36.8. The lowest BCUT2D eigenvalue weighted by atomic mass is 9.94. The second-order valence-corrected chi connectivity index (χ2v) is 17.6. The number of furan rings is 1. The number of nitrogens with zero attached hydrogens (tertiary/aromatic N) is 5. The van der Waals surface area contributed by atoms with E-state index in [4.69, 9.17) is 19.4 Å². The Bertz CT molecular complexity index is 4240. The van der Waals surface area contributed by atoms with Gasteiger partial charge in [0.15, 0.2) is 17.5 Å². The summed E-state index contributed by atoms with van der Waals surface area (Å²) in [5.74, 6) is 8.38. The lowest BCUT2D eigenvalue weighted by Crippen LogP contribution is -2.07. The van der Waals surface area contributed by atoms with Crippen LogP contribution in [0.4, 0.5) is 0 Å². The first-order valence-electron chi connectivity index (χ1n) is 23.2. The summed E-state index contributed by atoms with van der Waals surface area (Å²) in [4.78, 5) is 16.4. The van der Waals surface area contributed by atoms with Gasteiger partial charge in [-0.3, -0.25) is 0 Å². The summed E-state index contributed by atoms with van der Waals surface area (Å²) in [7, 11) is 0. The molecular formula is C62H39N5O. The molecule has 0 fully saturated rings. The first kappa shape index (κ1) is 38.2. The maximum Gasteiger partial charge on any atom is 0.166 e. The number of rotatable bonds is 6. The minimum absolute atomic E-state index is 0.588. The maximum absolute atomic E-state index is 6.29. The molecule has 0 bridgehead atoms. The van der Waals surface area contributed by atoms with Crippen molar-refractivity contribution in [2.24, 2.45) is 0 Å². The summed E-state index contributed by atoms with van der Waals surface area (Å²) < 4.78 is 11.2. The van der Waals surface area contributed by atoms with Gasteiger partial charge in [-0.2, -0.15) is 0 Å². The van der Waals surface area contributed by atoms with Crippen LogP contribution in [0.3, 0.4) is 0 Å². The van der Waals surface area contributed by atoms with Gasteiger partial charge in [0.25, 0.3) is 0 Å². The Hall–Kier alpha value is -9.05. The van der Waals surface area contributed by atoms with Crippen LogP contribution in [0.15, 0.2) is 199 Å². The van der Waals surface area contributed by atoms with Gasteiger partial charge < -0.3 is 13.6 Å². The predicted octanol–water partition coefficient (Wildman–Crippen LogP) is 15.4. The smallest absolute Gasteiger partial charge is 0.166 e. The molecule has 0 saturated carbocycles. The standard InChI is InChI=1S/C62H39N5O/c1-2-7-21-41(20-6-1)66-53-30-13-10-25-46(53)49-28-17-32-55(59(49)66)67-54-31-14-11-24-45(54)48-27-16-29-51(58(48)67)62-64-60(40-34-37-57-52(38-40)47-26-12-15-33-56(47)68-57)63-61(65-62)50-36-35-42(39-18-4-3-5-19-39)43-22-8-9-23-44(43)50/h1,3-6,8-13,15-20,22-30,32-38H,14,21,31H2. The fourth-order valence-electron chi connectivity index (χ4n) is 10.8. The molecule has 0 unspecified atom stereocenters. The van der Waals surface area contributed by atoms with E-state index in [2.05, 4.69) is 197 Å². The largest absolute Gasteiger partial charge is 0.456 e. The maximum atomic E-state index is 6.29. The highest BCUT2D eigenvalue weighted by molar-refractivity contribution is 6.14. The van der Waals surface area contributed by atoms with Crippen molar-refractivity contribution in [3.05, 3.63) is 205 Å². The third kappa shape index (κ3) is 5.89. The number of aromatic nitrogens is 5. The molecule has 0 radical (unpaired) electrons. The van der Waals surface area contributed by atoms with E-state index in [1.54, 1.807) is 0 Å². The van der Waals surface area contributed by atoms with Crippen molar-refractivity contribution in [3.8, 4) is 62.8 Å². The first-order valence-corrected chi connectivity index (χ1v) is 23.2. The van der Waals surface area contributed by atoms with Crippen LogP contribution in [-0.4, -0.2) is 24.1 Å².